The Morgan fingerprint density at radius 1 is 1.04 bits per heavy atom. The van der Waals surface area contributed by atoms with Crippen LogP contribution in [0.5, 0.6) is 0 Å². The molecule has 1 aromatic carbocycles. The monoisotopic (exact) mass is 351 g/mol. The van der Waals surface area contributed by atoms with Crippen molar-refractivity contribution in [3.8, 4) is 11.4 Å². The van der Waals surface area contributed by atoms with Crippen LogP contribution in [0.1, 0.15) is 56.7 Å². The molecule has 0 bridgehead atoms. The second-order valence-electron chi connectivity index (χ2n) is 7.87. The van der Waals surface area contributed by atoms with Crippen molar-refractivity contribution in [2.45, 2.75) is 57.9 Å². The first-order valence-corrected chi connectivity index (χ1v) is 10.1. The highest BCUT2D eigenvalue weighted by Crippen LogP contribution is 2.32. The maximum Gasteiger partial charge on any atom is 0.225 e. The Kier molecular flexibility index (Phi) is 5.09. The Hall–Kier alpha value is -2.10. The van der Waals surface area contributed by atoms with Crippen molar-refractivity contribution in [2.24, 2.45) is 5.92 Å². The average Bonchev–Trinajstić information content (AvgIpc) is 3.10. The summed E-state index contributed by atoms with van der Waals surface area (Å²) in [4.78, 5) is 19.8. The van der Waals surface area contributed by atoms with Crippen LogP contribution < -0.4 is 0 Å². The van der Waals surface area contributed by atoms with E-state index in [0.717, 1.165) is 50.2 Å². The molecular weight excluding hydrogens is 322 g/mol. The molecule has 2 aliphatic rings. The minimum absolute atomic E-state index is 0.264. The third-order valence-corrected chi connectivity index (χ3v) is 6.04. The third kappa shape index (κ3) is 3.42. The number of likely N-dealkylation sites (tertiary alicyclic amines) is 1. The second-order valence-corrected chi connectivity index (χ2v) is 7.87. The van der Waals surface area contributed by atoms with E-state index in [1.807, 2.05) is 12.3 Å². The number of carbonyl (C=O) groups excluding carboxylic acids is 1. The molecule has 1 aliphatic heterocycles. The molecule has 0 radical (unpaired) electrons. The standard InChI is InChI=1S/C22H29N3O/c1-17-15-23-21(18-9-4-2-5-10-18)25(17)20-13-8-14-24(16-20)22(26)19-11-6-3-7-12-19/h2,4-5,9-10,15,19-20H,3,6-8,11-14,16H2,1H3. The van der Waals surface area contributed by atoms with Gasteiger partial charge in [-0.15, -0.1) is 0 Å². The first-order valence-electron chi connectivity index (χ1n) is 10.1. The highest BCUT2D eigenvalue weighted by molar-refractivity contribution is 5.79. The third-order valence-electron chi connectivity index (χ3n) is 6.04. The zero-order valence-electron chi connectivity index (χ0n) is 15.7. The van der Waals surface area contributed by atoms with Crippen molar-refractivity contribution in [2.75, 3.05) is 13.1 Å². The molecule has 1 aromatic heterocycles. The molecule has 2 aromatic rings. The fraction of sp³-hybridized carbons (Fsp3) is 0.545. The average molecular weight is 351 g/mol. The van der Waals surface area contributed by atoms with Crippen molar-refractivity contribution >= 4 is 5.91 Å². The highest BCUT2D eigenvalue weighted by Gasteiger charge is 2.31. The smallest absolute Gasteiger partial charge is 0.225 e. The molecule has 2 fully saturated rings. The topological polar surface area (TPSA) is 38.1 Å². The van der Waals surface area contributed by atoms with Gasteiger partial charge in [0.1, 0.15) is 5.82 Å². The number of aromatic nitrogens is 2. The Balaban J connectivity index is 1.55. The number of amides is 1. The van der Waals surface area contributed by atoms with Gasteiger partial charge in [-0.05, 0) is 32.6 Å². The predicted molar refractivity (Wildman–Crippen MR) is 104 cm³/mol. The van der Waals surface area contributed by atoms with Crippen molar-refractivity contribution in [3.05, 3.63) is 42.2 Å². The maximum atomic E-state index is 13.0. The van der Waals surface area contributed by atoms with Gasteiger partial charge in [-0.2, -0.15) is 0 Å². The fourth-order valence-corrected chi connectivity index (χ4v) is 4.68. The fourth-order valence-electron chi connectivity index (χ4n) is 4.68. The van der Waals surface area contributed by atoms with E-state index in [1.54, 1.807) is 0 Å². The quantitative estimate of drug-likeness (QED) is 0.810. The number of benzene rings is 1. The molecule has 4 nitrogen and oxygen atoms in total. The summed E-state index contributed by atoms with van der Waals surface area (Å²) in [6.45, 7) is 3.87. The molecule has 1 amide bonds. The van der Waals surface area contributed by atoms with Crippen molar-refractivity contribution in [1.82, 2.24) is 14.5 Å². The van der Waals surface area contributed by atoms with Gasteiger partial charge in [-0.1, -0.05) is 49.6 Å². The zero-order chi connectivity index (χ0) is 17.9. The minimum atomic E-state index is 0.264. The van der Waals surface area contributed by atoms with Crippen molar-refractivity contribution < 1.29 is 4.79 Å². The number of carbonyl (C=O) groups is 1. The molecule has 4 heteroatoms. The molecule has 4 rings (SSSR count). The summed E-state index contributed by atoms with van der Waals surface area (Å²) in [5.41, 5.74) is 2.33. The zero-order valence-corrected chi connectivity index (χ0v) is 15.7. The number of rotatable bonds is 3. The van der Waals surface area contributed by atoms with Gasteiger partial charge < -0.3 is 9.47 Å². The lowest BCUT2D eigenvalue weighted by Crippen LogP contribution is -2.44. The Labute approximate surface area is 156 Å². The van der Waals surface area contributed by atoms with E-state index in [1.165, 1.54) is 25.0 Å². The van der Waals surface area contributed by atoms with Crippen LogP contribution >= 0.6 is 0 Å². The lowest BCUT2D eigenvalue weighted by Gasteiger charge is -2.37. The van der Waals surface area contributed by atoms with Crippen LogP contribution in [0.3, 0.4) is 0 Å². The van der Waals surface area contributed by atoms with Crippen LogP contribution in [0, 0.1) is 12.8 Å². The van der Waals surface area contributed by atoms with Crippen LogP contribution in [0.15, 0.2) is 36.5 Å². The van der Waals surface area contributed by atoms with Crippen LogP contribution in [0.25, 0.3) is 11.4 Å². The van der Waals surface area contributed by atoms with Gasteiger partial charge in [-0.25, -0.2) is 4.98 Å². The van der Waals surface area contributed by atoms with E-state index >= 15 is 0 Å². The molecule has 0 spiro atoms. The van der Waals surface area contributed by atoms with Gasteiger partial charge in [0.15, 0.2) is 0 Å². The molecule has 26 heavy (non-hydrogen) atoms. The summed E-state index contributed by atoms with van der Waals surface area (Å²) in [5.74, 6) is 1.69. The van der Waals surface area contributed by atoms with Crippen molar-refractivity contribution in [3.63, 3.8) is 0 Å². The molecule has 1 saturated heterocycles. The molecule has 1 atom stereocenters. The number of imidazole rings is 1. The molecule has 1 unspecified atom stereocenters. The lowest BCUT2D eigenvalue weighted by molar-refractivity contribution is -0.138. The molecule has 1 aliphatic carbocycles. The molecule has 1 saturated carbocycles. The number of nitrogens with zero attached hydrogens (tertiary/aromatic N) is 3. The van der Waals surface area contributed by atoms with Gasteiger partial charge in [0.2, 0.25) is 5.91 Å². The van der Waals surface area contributed by atoms with E-state index < -0.39 is 0 Å². The van der Waals surface area contributed by atoms with E-state index in [2.05, 4.69) is 45.6 Å². The van der Waals surface area contributed by atoms with E-state index in [-0.39, 0.29) is 5.92 Å². The second kappa shape index (κ2) is 7.65. The summed E-state index contributed by atoms with van der Waals surface area (Å²) in [7, 11) is 0. The summed E-state index contributed by atoms with van der Waals surface area (Å²) < 4.78 is 2.36. The van der Waals surface area contributed by atoms with Gasteiger partial charge in [0.25, 0.3) is 0 Å². The lowest BCUT2D eigenvalue weighted by atomic mass is 9.87. The molecule has 0 N–H and O–H groups in total. The van der Waals surface area contributed by atoms with Crippen LogP contribution in [-0.2, 0) is 4.79 Å². The van der Waals surface area contributed by atoms with Gasteiger partial charge in [0, 0.05) is 36.5 Å². The Morgan fingerprint density at radius 3 is 2.58 bits per heavy atom. The summed E-state index contributed by atoms with van der Waals surface area (Å²) >= 11 is 0. The molecule has 2 heterocycles. The predicted octanol–water partition coefficient (Wildman–Crippen LogP) is 4.60. The van der Waals surface area contributed by atoms with Crippen molar-refractivity contribution in [1.29, 1.82) is 0 Å². The molecular formula is C22H29N3O. The molecule has 138 valence electrons. The van der Waals surface area contributed by atoms with Gasteiger partial charge >= 0.3 is 0 Å². The first kappa shape index (κ1) is 17.3. The van der Waals surface area contributed by atoms with E-state index in [0.29, 0.717) is 11.9 Å². The summed E-state index contributed by atoms with van der Waals surface area (Å²) in [5, 5.41) is 0. The normalized spacial score (nSPS) is 21.7. The van der Waals surface area contributed by atoms with Gasteiger partial charge in [-0.3, -0.25) is 4.79 Å². The van der Waals surface area contributed by atoms with Crippen LogP contribution in [0.4, 0.5) is 0 Å². The SMILES string of the molecule is Cc1cnc(-c2ccccc2)n1C1CCCN(C(=O)C2CCCCC2)C1. The first-order chi connectivity index (χ1) is 12.7. The number of hydrogen-bond acceptors (Lipinski definition) is 2. The summed E-state index contributed by atoms with van der Waals surface area (Å²) in [6, 6.07) is 10.7. The highest BCUT2D eigenvalue weighted by atomic mass is 16.2. The van der Waals surface area contributed by atoms with E-state index in [4.69, 9.17) is 0 Å². The number of aryl methyl sites for hydroxylation is 1. The number of piperidine rings is 1. The van der Waals surface area contributed by atoms with Crippen LogP contribution in [0.2, 0.25) is 0 Å². The summed E-state index contributed by atoms with van der Waals surface area (Å²) in [6.07, 6.45) is 10.0. The maximum absolute atomic E-state index is 13.0. The minimum Gasteiger partial charge on any atom is -0.340 e. The largest absolute Gasteiger partial charge is 0.340 e. The Morgan fingerprint density at radius 2 is 1.81 bits per heavy atom. The van der Waals surface area contributed by atoms with E-state index in [9.17, 15) is 4.79 Å². The van der Waals surface area contributed by atoms with Gasteiger partial charge in [0.05, 0.1) is 6.04 Å². The Bertz CT molecular complexity index is 746. The number of hydrogen-bond donors (Lipinski definition) is 0. The van der Waals surface area contributed by atoms with Crippen LogP contribution in [-0.4, -0.2) is 33.4 Å².